The van der Waals surface area contributed by atoms with E-state index in [1.165, 1.54) is 21.6 Å². The van der Waals surface area contributed by atoms with Crippen molar-refractivity contribution in [2.45, 2.75) is 20.4 Å². The highest BCUT2D eigenvalue weighted by atomic mass is 16.3. The van der Waals surface area contributed by atoms with Crippen LogP contribution in [0.4, 0.5) is 5.69 Å². The van der Waals surface area contributed by atoms with E-state index in [0.717, 1.165) is 5.56 Å². The van der Waals surface area contributed by atoms with Crippen LogP contribution in [0, 0.1) is 11.3 Å². The van der Waals surface area contributed by atoms with E-state index in [4.69, 9.17) is 0 Å². The van der Waals surface area contributed by atoms with Crippen LogP contribution in [0.25, 0.3) is 12.7 Å². The first-order valence-corrected chi connectivity index (χ1v) is 11.4. The van der Waals surface area contributed by atoms with Crippen molar-refractivity contribution in [2.75, 3.05) is 31.1 Å². The van der Waals surface area contributed by atoms with E-state index in [-0.39, 0.29) is 17.9 Å². The van der Waals surface area contributed by atoms with Gasteiger partial charge in [-0.1, -0.05) is 51.8 Å². The SMILES string of the molecule is C=C/C=C(\O)C(=O)N1CCN(c2c(C#N)c(=O)n(Cc3ccncc3)c(=C)/c2=C\C=C)CC1.CC. The highest BCUT2D eigenvalue weighted by molar-refractivity contribution is 5.91. The Morgan fingerprint density at radius 3 is 2.34 bits per heavy atom. The number of aromatic nitrogens is 2. The van der Waals surface area contributed by atoms with Gasteiger partial charge in [0, 0.05) is 49.1 Å². The lowest BCUT2D eigenvalue weighted by Gasteiger charge is -2.36. The monoisotopic (exact) mass is 473 g/mol. The molecular weight excluding hydrogens is 442 g/mol. The second-order valence-electron chi connectivity index (χ2n) is 7.41. The van der Waals surface area contributed by atoms with Crippen LogP contribution in [0.15, 0.2) is 66.5 Å². The fourth-order valence-electron chi connectivity index (χ4n) is 3.81. The Balaban J connectivity index is 0.00000210. The highest BCUT2D eigenvalue weighted by Crippen LogP contribution is 2.15. The molecule has 8 heteroatoms. The van der Waals surface area contributed by atoms with Crippen LogP contribution >= 0.6 is 0 Å². The predicted molar refractivity (Wildman–Crippen MR) is 139 cm³/mol. The summed E-state index contributed by atoms with van der Waals surface area (Å²) >= 11 is 0. The summed E-state index contributed by atoms with van der Waals surface area (Å²) < 4.78 is 1.48. The summed E-state index contributed by atoms with van der Waals surface area (Å²) in [6.45, 7) is 17.0. The number of allylic oxidation sites excluding steroid dienone is 3. The van der Waals surface area contributed by atoms with Crippen molar-refractivity contribution in [1.82, 2.24) is 14.5 Å². The van der Waals surface area contributed by atoms with Gasteiger partial charge < -0.3 is 19.5 Å². The maximum Gasteiger partial charge on any atom is 0.288 e. The lowest BCUT2D eigenvalue weighted by molar-refractivity contribution is -0.130. The molecule has 1 fully saturated rings. The molecule has 1 aliphatic rings. The molecule has 0 aliphatic carbocycles. The number of rotatable bonds is 6. The molecule has 1 aliphatic heterocycles. The highest BCUT2D eigenvalue weighted by Gasteiger charge is 2.26. The summed E-state index contributed by atoms with van der Waals surface area (Å²) in [6.07, 6.45) is 9.20. The molecule has 0 atom stereocenters. The smallest absolute Gasteiger partial charge is 0.288 e. The lowest BCUT2D eigenvalue weighted by Crippen LogP contribution is -2.53. The van der Waals surface area contributed by atoms with Crippen LogP contribution < -0.4 is 21.0 Å². The molecule has 1 amide bonds. The van der Waals surface area contributed by atoms with E-state index in [2.05, 4.69) is 30.8 Å². The van der Waals surface area contributed by atoms with E-state index >= 15 is 0 Å². The standard InChI is InChI=1S/C25H25N5O3.C2H6/c1-4-6-20-18(3)30(17-19-8-10-27-11-9-19)24(32)21(16-26)23(20)28-12-14-29(15-13-28)25(33)22(31)7-5-2;1-2/h4-11,31H,1-3,12-15,17H2;1-2H3/b20-6+,22-7-;. The number of carbonyl (C=O) groups excluding carboxylic acids is 1. The van der Waals surface area contributed by atoms with Crippen LogP contribution in [0.2, 0.25) is 0 Å². The Bertz CT molecular complexity index is 1310. The van der Waals surface area contributed by atoms with Gasteiger partial charge in [0.2, 0.25) is 0 Å². The molecule has 8 nitrogen and oxygen atoms in total. The van der Waals surface area contributed by atoms with Gasteiger partial charge in [-0.25, -0.2) is 0 Å². The second kappa shape index (κ2) is 12.8. The number of nitriles is 1. The number of piperazine rings is 1. The molecule has 2 aromatic heterocycles. The normalized spacial score (nSPS) is 14.0. The van der Waals surface area contributed by atoms with Crippen LogP contribution in [-0.4, -0.2) is 51.6 Å². The molecule has 0 unspecified atom stereocenters. The molecule has 2 aromatic rings. The number of aliphatic hydroxyl groups excluding tert-OH is 1. The van der Waals surface area contributed by atoms with E-state index in [9.17, 15) is 20.0 Å². The Hall–Kier alpha value is -4.38. The summed E-state index contributed by atoms with van der Waals surface area (Å²) in [5, 5.41) is 20.8. The first kappa shape index (κ1) is 26.9. The van der Waals surface area contributed by atoms with Crippen LogP contribution in [0.1, 0.15) is 25.0 Å². The summed E-state index contributed by atoms with van der Waals surface area (Å²) in [5.41, 5.74) is 0.924. The van der Waals surface area contributed by atoms with Crippen molar-refractivity contribution in [3.63, 3.8) is 0 Å². The van der Waals surface area contributed by atoms with Gasteiger partial charge >= 0.3 is 0 Å². The number of pyridine rings is 2. The number of hydrogen-bond acceptors (Lipinski definition) is 6. The Labute approximate surface area is 205 Å². The van der Waals surface area contributed by atoms with Crippen molar-refractivity contribution in [2.24, 2.45) is 0 Å². The Morgan fingerprint density at radius 1 is 1.17 bits per heavy atom. The minimum absolute atomic E-state index is 0.0127. The van der Waals surface area contributed by atoms with Crippen LogP contribution in [0.3, 0.4) is 0 Å². The van der Waals surface area contributed by atoms with Gasteiger partial charge in [0.25, 0.3) is 11.5 Å². The summed E-state index contributed by atoms with van der Waals surface area (Å²) in [4.78, 5) is 33.0. The predicted octanol–water partition coefficient (Wildman–Crippen LogP) is 1.84. The molecule has 0 bridgehead atoms. The third kappa shape index (κ3) is 5.95. The molecule has 1 N–H and O–H groups in total. The van der Waals surface area contributed by atoms with E-state index in [1.54, 1.807) is 36.7 Å². The maximum atomic E-state index is 13.3. The maximum absolute atomic E-state index is 13.3. The van der Waals surface area contributed by atoms with Crippen molar-refractivity contribution in [1.29, 1.82) is 5.26 Å². The zero-order valence-electron chi connectivity index (χ0n) is 20.3. The van der Waals surface area contributed by atoms with Gasteiger partial charge in [-0.05, 0) is 23.8 Å². The van der Waals surface area contributed by atoms with Gasteiger partial charge in [0.1, 0.15) is 11.6 Å². The fourth-order valence-corrected chi connectivity index (χ4v) is 3.81. The third-order valence-corrected chi connectivity index (χ3v) is 5.45. The average Bonchev–Trinajstić information content (AvgIpc) is 2.89. The number of carbonyl (C=O) groups is 1. The van der Waals surface area contributed by atoms with E-state index < -0.39 is 11.5 Å². The van der Waals surface area contributed by atoms with Gasteiger partial charge in [-0.15, -0.1) is 0 Å². The number of nitrogens with zero attached hydrogens (tertiary/aromatic N) is 5. The van der Waals surface area contributed by atoms with Crippen molar-refractivity contribution in [3.8, 4) is 6.07 Å². The third-order valence-electron chi connectivity index (χ3n) is 5.45. The molecule has 0 radical (unpaired) electrons. The summed E-state index contributed by atoms with van der Waals surface area (Å²) in [6, 6.07) is 5.67. The Kier molecular flexibility index (Phi) is 9.79. The van der Waals surface area contributed by atoms with E-state index in [1.807, 2.05) is 18.7 Å². The molecule has 35 heavy (non-hydrogen) atoms. The van der Waals surface area contributed by atoms with Crippen molar-refractivity contribution in [3.05, 3.63) is 93.7 Å². The van der Waals surface area contributed by atoms with Crippen molar-refractivity contribution >= 4 is 24.2 Å². The largest absolute Gasteiger partial charge is 0.503 e. The molecular formula is C27H31N5O3. The minimum atomic E-state index is -0.487. The number of amides is 1. The number of aliphatic hydroxyl groups is 1. The molecule has 182 valence electrons. The van der Waals surface area contributed by atoms with Gasteiger partial charge in [-0.3, -0.25) is 14.6 Å². The van der Waals surface area contributed by atoms with Gasteiger partial charge in [-0.2, -0.15) is 5.26 Å². The van der Waals surface area contributed by atoms with E-state index in [0.29, 0.717) is 42.4 Å². The topological polar surface area (TPSA) is 102 Å². The lowest BCUT2D eigenvalue weighted by atomic mass is 10.1. The molecule has 1 saturated heterocycles. The molecule has 3 rings (SSSR count). The van der Waals surface area contributed by atoms with Crippen LogP contribution in [-0.2, 0) is 11.3 Å². The van der Waals surface area contributed by atoms with Gasteiger partial charge in [0.05, 0.1) is 12.2 Å². The molecule has 0 saturated carbocycles. The Morgan fingerprint density at radius 2 is 1.80 bits per heavy atom. The fraction of sp³-hybridized carbons (Fsp3) is 0.259. The minimum Gasteiger partial charge on any atom is -0.503 e. The first-order chi connectivity index (χ1) is 16.9. The average molecular weight is 474 g/mol. The van der Waals surface area contributed by atoms with Gasteiger partial charge in [0.15, 0.2) is 5.76 Å². The molecule has 0 aromatic carbocycles. The first-order valence-electron chi connectivity index (χ1n) is 11.4. The molecule has 3 heterocycles. The zero-order chi connectivity index (χ0) is 26.0. The second-order valence-corrected chi connectivity index (χ2v) is 7.41. The molecule has 0 spiro atoms. The number of anilines is 1. The van der Waals surface area contributed by atoms with Crippen molar-refractivity contribution < 1.29 is 9.90 Å². The van der Waals surface area contributed by atoms with Crippen LogP contribution in [0.5, 0.6) is 0 Å². The quantitative estimate of drug-likeness (QED) is 0.390. The number of hydrogen-bond donors (Lipinski definition) is 1. The zero-order valence-corrected chi connectivity index (χ0v) is 20.3. The summed E-state index contributed by atoms with van der Waals surface area (Å²) in [5.74, 6) is -0.867. The summed E-state index contributed by atoms with van der Waals surface area (Å²) in [7, 11) is 0.